The normalized spacial score (nSPS) is 14.5. The molecule has 1 aromatic carbocycles. The fourth-order valence-corrected chi connectivity index (χ4v) is 3.41. The van der Waals surface area contributed by atoms with E-state index < -0.39 is 4.92 Å². The topological polar surface area (TPSA) is 116 Å². The minimum Gasteiger partial charge on any atom is -0.473 e. The molecule has 0 atom stereocenters. The van der Waals surface area contributed by atoms with Gasteiger partial charge in [-0.05, 0) is 18.2 Å². The van der Waals surface area contributed by atoms with E-state index in [1.165, 1.54) is 18.2 Å². The largest absolute Gasteiger partial charge is 0.473 e. The lowest BCUT2D eigenvalue weighted by Crippen LogP contribution is -2.42. The molecular weight excluding hydrogens is 412 g/mol. The molecule has 0 aliphatic carbocycles. The molecule has 0 spiro atoms. The molecule has 154 valence electrons. The third-order valence-corrected chi connectivity index (χ3v) is 5.10. The van der Waals surface area contributed by atoms with Gasteiger partial charge >= 0.3 is 0 Å². The van der Waals surface area contributed by atoms with Crippen molar-refractivity contribution in [1.82, 2.24) is 24.9 Å². The van der Waals surface area contributed by atoms with Gasteiger partial charge in [0.2, 0.25) is 5.88 Å². The number of benzene rings is 1. The number of carbonyl (C=O) groups is 1. The van der Waals surface area contributed by atoms with Crippen LogP contribution in [0.5, 0.6) is 5.88 Å². The zero-order valence-electron chi connectivity index (χ0n) is 15.7. The van der Waals surface area contributed by atoms with Crippen molar-refractivity contribution in [3.05, 3.63) is 69.5 Å². The van der Waals surface area contributed by atoms with E-state index >= 15 is 0 Å². The van der Waals surface area contributed by atoms with E-state index in [-0.39, 0.29) is 28.3 Å². The molecule has 0 radical (unpaired) electrons. The summed E-state index contributed by atoms with van der Waals surface area (Å²) in [7, 11) is 0. The molecule has 0 bridgehead atoms. The number of nitrogens with zero attached hydrogens (tertiary/aromatic N) is 6. The van der Waals surface area contributed by atoms with Crippen LogP contribution in [-0.2, 0) is 0 Å². The standard InChI is InChI=1S/C19H17ClN6O4/c20-16-3-2-13(26(28)29)12-15(16)19(27)24-10-6-14(7-11-24)30-18-5-4-17(22-23-18)25-9-1-8-21-25/h1-5,8-9,12,14H,6-7,10-11H2. The van der Waals surface area contributed by atoms with Crippen molar-refractivity contribution in [2.24, 2.45) is 0 Å². The van der Waals surface area contributed by atoms with E-state index in [0.29, 0.717) is 37.6 Å². The fraction of sp³-hybridized carbons (Fsp3) is 0.263. The van der Waals surface area contributed by atoms with Crippen LogP contribution in [-0.4, -0.2) is 54.9 Å². The Hall–Kier alpha value is -3.53. The smallest absolute Gasteiger partial charge is 0.270 e. The highest BCUT2D eigenvalue weighted by atomic mass is 35.5. The first kappa shape index (κ1) is 19.8. The molecule has 10 nitrogen and oxygen atoms in total. The van der Waals surface area contributed by atoms with E-state index in [1.807, 2.05) is 0 Å². The maximum Gasteiger partial charge on any atom is 0.270 e. The van der Waals surface area contributed by atoms with Crippen LogP contribution in [0, 0.1) is 10.1 Å². The van der Waals surface area contributed by atoms with Crippen LogP contribution < -0.4 is 4.74 Å². The number of nitro benzene ring substituents is 1. The van der Waals surface area contributed by atoms with Crippen molar-refractivity contribution in [2.45, 2.75) is 18.9 Å². The molecule has 1 amide bonds. The van der Waals surface area contributed by atoms with Gasteiger partial charge in [-0.1, -0.05) is 11.6 Å². The molecule has 0 unspecified atom stereocenters. The van der Waals surface area contributed by atoms with Crippen molar-refractivity contribution in [1.29, 1.82) is 0 Å². The lowest BCUT2D eigenvalue weighted by Gasteiger charge is -2.32. The average molecular weight is 429 g/mol. The highest BCUT2D eigenvalue weighted by molar-refractivity contribution is 6.33. The first-order valence-electron chi connectivity index (χ1n) is 9.25. The highest BCUT2D eigenvalue weighted by Crippen LogP contribution is 2.25. The summed E-state index contributed by atoms with van der Waals surface area (Å²) in [6, 6.07) is 9.14. The van der Waals surface area contributed by atoms with Gasteiger partial charge in [-0.3, -0.25) is 14.9 Å². The van der Waals surface area contributed by atoms with Crippen LogP contribution in [0.15, 0.2) is 48.8 Å². The summed E-state index contributed by atoms with van der Waals surface area (Å²) in [5.74, 6) is 0.657. The number of amides is 1. The summed E-state index contributed by atoms with van der Waals surface area (Å²) in [6.07, 6.45) is 4.51. The minimum atomic E-state index is -0.550. The number of halogens is 1. The second-order valence-corrected chi connectivity index (χ2v) is 7.12. The Kier molecular flexibility index (Phi) is 5.57. The van der Waals surface area contributed by atoms with E-state index in [2.05, 4.69) is 15.3 Å². The number of hydrogen-bond donors (Lipinski definition) is 0. The number of piperidine rings is 1. The Morgan fingerprint density at radius 2 is 2.00 bits per heavy atom. The zero-order valence-corrected chi connectivity index (χ0v) is 16.5. The molecule has 3 aromatic rings. The summed E-state index contributed by atoms with van der Waals surface area (Å²) in [4.78, 5) is 24.8. The first-order chi connectivity index (χ1) is 14.5. The van der Waals surface area contributed by atoms with E-state index in [9.17, 15) is 14.9 Å². The monoisotopic (exact) mass is 428 g/mol. The van der Waals surface area contributed by atoms with Gasteiger partial charge in [0, 0.05) is 56.5 Å². The molecule has 4 rings (SSSR count). The van der Waals surface area contributed by atoms with E-state index in [1.54, 1.807) is 40.2 Å². The molecule has 0 saturated carbocycles. The van der Waals surface area contributed by atoms with Gasteiger partial charge in [0.25, 0.3) is 11.6 Å². The maximum absolute atomic E-state index is 12.8. The predicted molar refractivity (Wildman–Crippen MR) is 107 cm³/mol. The summed E-state index contributed by atoms with van der Waals surface area (Å²) < 4.78 is 7.48. The number of nitro groups is 1. The summed E-state index contributed by atoms with van der Waals surface area (Å²) in [5.41, 5.74) is -0.0385. The quantitative estimate of drug-likeness (QED) is 0.453. The average Bonchev–Trinajstić information content (AvgIpc) is 3.29. The summed E-state index contributed by atoms with van der Waals surface area (Å²) in [5, 5.41) is 23.4. The van der Waals surface area contributed by atoms with Crippen molar-refractivity contribution in [3.8, 4) is 11.7 Å². The maximum atomic E-state index is 12.8. The van der Waals surface area contributed by atoms with Crippen LogP contribution in [0.1, 0.15) is 23.2 Å². The van der Waals surface area contributed by atoms with Crippen molar-refractivity contribution >= 4 is 23.2 Å². The van der Waals surface area contributed by atoms with Gasteiger partial charge in [0.1, 0.15) is 6.10 Å². The van der Waals surface area contributed by atoms with E-state index in [0.717, 1.165) is 0 Å². The molecule has 1 saturated heterocycles. The SMILES string of the molecule is O=C(c1cc([N+](=O)[O-])ccc1Cl)N1CCC(Oc2ccc(-n3cccn3)nn2)CC1. The summed E-state index contributed by atoms with van der Waals surface area (Å²) >= 11 is 6.08. The molecule has 1 aliphatic heterocycles. The highest BCUT2D eigenvalue weighted by Gasteiger charge is 2.27. The number of ether oxygens (including phenoxy) is 1. The predicted octanol–water partition coefficient (Wildman–Crippen LogP) is 2.91. The van der Waals surface area contributed by atoms with E-state index in [4.69, 9.17) is 16.3 Å². The Balaban J connectivity index is 1.35. The zero-order chi connectivity index (χ0) is 21.1. The van der Waals surface area contributed by atoms with Crippen molar-refractivity contribution in [3.63, 3.8) is 0 Å². The Labute approximate surface area is 176 Å². The van der Waals surface area contributed by atoms with Gasteiger partial charge in [0.15, 0.2) is 5.82 Å². The van der Waals surface area contributed by atoms with Gasteiger partial charge in [0.05, 0.1) is 15.5 Å². The minimum absolute atomic E-state index is 0.112. The number of rotatable bonds is 5. The van der Waals surface area contributed by atoms with Gasteiger partial charge < -0.3 is 9.64 Å². The number of aromatic nitrogens is 4. The van der Waals surface area contributed by atoms with Gasteiger partial charge in [-0.2, -0.15) is 5.10 Å². The number of non-ortho nitro benzene ring substituents is 1. The third-order valence-electron chi connectivity index (χ3n) is 4.77. The molecule has 11 heteroatoms. The second kappa shape index (κ2) is 8.46. The van der Waals surface area contributed by atoms with Crippen LogP contribution >= 0.6 is 11.6 Å². The summed E-state index contributed by atoms with van der Waals surface area (Å²) in [6.45, 7) is 0.892. The molecule has 0 N–H and O–H groups in total. The molecule has 2 aromatic heterocycles. The molecule has 3 heterocycles. The third kappa shape index (κ3) is 4.23. The molecular formula is C19H17ClN6O4. The van der Waals surface area contributed by atoms with Gasteiger partial charge in [-0.15, -0.1) is 10.2 Å². The Bertz CT molecular complexity index is 1050. The Morgan fingerprint density at radius 3 is 2.63 bits per heavy atom. The molecule has 30 heavy (non-hydrogen) atoms. The second-order valence-electron chi connectivity index (χ2n) is 6.71. The molecule has 1 fully saturated rings. The molecule has 1 aliphatic rings. The van der Waals surface area contributed by atoms with Gasteiger partial charge in [-0.25, -0.2) is 4.68 Å². The number of likely N-dealkylation sites (tertiary alicyclic amines) is 1. The van der Waals surface area contributed by atoms with Crippen LogP contribution in [0.4, 0.5) is 5.69 Å². The lowest BCUT2D eigenvalue weighted by atomic mass is 10.1. The fourth-order valence-electron chi connectivity index (χ4n) is 3.21. The Morgan fingerprint density at radius 1 is 1.20 bits per heavy atom. The van der Waals surface area contributed by atoms with Crippen molar-refractivity contribution < 1.29 is 14.5 Å². The van der Waals surface area contributed by atoms with Crippen LogP contribution in [0.2, 0.25) is 5.02 Å². The van der Waals surface area contributed by atoms with Crippen LogP contribution in [0.25, 0.3) is 5.82 Å². The lowest BCUT2D eigenvalue weighted by molar-refractivity contribution is -0.384. The first-order valence-corrected chi connectivity index (χ1v) is 9.62. The van der Waals surface area contributed by atoms with Crippen LogP contribution in [0.3, 0.4) is 0 Å². The van der Waals surface area contributed by atoms with Crippen molar-refractivity contribution in [2.75, 3.05) is 13.1 Å². The number of hydrogen-bond acceptors (Lipinski definition) is 7. The number of carbonyl (C=O) groups excluding carboxylic acids is 1.